The molecule has 0 heteroatoms. The van der Waals surface area contributed by atoms with Crippen LogP contribution in [0.4, 0.5) is 0 Å². The molecule has 2 aromatic rings. The number of hydrogen-bond acceptors (Lipinski definition) is 0. The van der Waals surface area contributed by atoms with Crippen LogP contribution in [0.15, 0.2) is 36.4 Å². The summed E-state index contributed by atoms with van der Waals surface area (Å²) in [7, 11) is 0. The molecule has 0 heterocycles. The van der Waals surface area contributed by atoms with Crippen molar-refractivity contribution in [2.45, 2.75) is 40.5 Å². The maximum Gasteiger partial charge on any atom is -0.0152 e. The van der Waals surface area contributed by atoms with Crippen molar-refractivity contribution in [3.63, 3.8) is 0 Å². The van der Waals surface area contributed by atoms with E-state index in [4.69, 9.17) is 0 Å². The molecule has 0 nitrogen and oxygen atoms in total. The molecule has 16 heavy (non-hydrogen) atoms. The van der Waals surface area contributed by atoms with Gasteiger partial charge in [-0.1, -0.05) is 68.7 Å². The highest BCUT2D eigenvalue weighted by atomic mass is 14.0. The Balaban J connectivity index is 0.000000280. The van der Waals surface area contributed by atoms with Crippen LogP contribution in [0.1, 0.15) is 37.8 Å². The van der Waals surface area contributed by atoms with E-state index in [0.29, 0.717) is 0 Å². The Hall–Kier alpha value is -1.30. The largest absolute Gasteiger partial charge is 0.0654 e. The molecule has 0 radical (unpaired) electrons. The molecule has 2 rings (SSSR count). The fourth-order valence-electron chi connectivity index (χ4n) is 1.54. The fraction of sp³-hybridized carbons (Fsp3) is 0.375. The van der Waals surface area contributed by atoms with E-state index in [1.54, 1.807) is 0 Å². The third-order valence-corrected chi connectivity index (χ3v) is 2.76. The van der Waals surface area contributed by atoms with Crippen LogP contribution in [0.25, 0.3) is 10.8 Å². The van der Waals surface area contributed by atoms with Crippen molar-refractivity contribution in [3.05, 3.63) is 47.5 Å². The molecule has 0 amide bonds. The Morgan fingerprint density at radius 3 is 2.19 bits per heavy atom. The normalized spacial score (nSPS) is 9.75. The molecule has 0 atom stereocenters. The smallest absolute Gasteiger partial charge is 0.0152 e. The molecule has 0 N–H and O–H groups in total. The maximum atomic E-state index is 2.24. The van der Waals surface area contributed by atoms with E-state index in [1.807, 2.05) is 0 Å². The Labute approximate surface area is 99.3 Å². The second kappa shape index (κ2) is 6.32. The molecule has 0 aliphatic heterocycles. The Bertz CT molecular complexity index is 439. The molecule has 0 bridgehead atoms. The van der Waals surface area contributed by atoms with Crippen LogP contribution in [-0.4, -0.2) is 0 Å². The summed E-state index contributed by atoms with van der Waals surface area (Å²) in [6, 6.07) is 13.0. The van der Waals surface area contributed by atoms with Crippen LogP contribution >= 0.6 is 0 Å². The average molecular weight is 214 g/mol. The first-order valence-corrected chi connectivity index (χ1v) is 6.15. The van der Waals surface area contributed by atoms with Gasteiger partial charge in [-0.25, -0.2) is 0 Å². The highest BCUT2D eigenvalue weighted by Gasteiger charge is 1.95. The van der Waals surface area contributed by atoms with Crippen molar-refractivity contribution in [1.29, 1.82) is 0 Å². The van der Waals surface area contributed by atoms with Gasteiger partial charge >= 0.3 is 0 Å². The molecule has 0 aromatic heterocycles. The molecule has 0 saturated carbocycles. The van der Waals surface area contributed by atoms with Gasteiger partial charge in [0.15, 0.2) is 0 Å². The van der Waals surface area contributed by atoms with Crippen LogP contribution in [0.3, 0.4) is 0 Å². The first kappa shape index (κ1) is 12.8. The predicted octanol–water partition coefficient (Wildman–Crippen LogP) is 5.26. The summed E-state index contributed by atoms with van der Waals surface area (Å²) in [6.07, 6.45) is 2.64. The first-order valence-electron chi connectivity index (χ1n) is 6.15. The molecule has 2 aromatic carbocycles. The van der Waals surface area contributed by atoms with Crippen molar-refractivity contribution in [3.8, 4) is 0 Å². The summed E-state index contributed by atoms with van der Waals surface area (Å²) < 4.78 is 0. The average Bonchev–Trinajstić information content (AvgIpc) is 2.31. The van der Waals surface area contributed by atoms with E-state index in [0.717, 1.165) is 0 Å². The standard InChI is InChI=1S/C12H12.C4H10/c1-9-6-7-11-5-3-4-10(2)12(11)8-9;1-3-4-2/h3-8H,1-2H3;3-4H2,1-2H3. The van der Waals surface area contributed by atoms with E-state index in [9.17, 15) is 0 Å². The SMILES string of the molecule is CCCC.Cc1ccc2cccc(C)c2c1. The van der Waals surface area contributed by atoms with Crippen LogP contribution in [0, 0.1) is 13.8 Å². The lowest BCUT2D eigenvalue weighted by molar-refractivity contribution is 0.886. The lowest BCUT2D eigenvalue weighted by Crippen LogP contribution is -1.78. The van der Waals surface area contributed by atoms with Crippen LogP contribution in [0.5, 0.6) is 0 Å². The van der Waals surface area contributed by atoms with Gasteiger partial charge in [0.05, 0.1) is 0 Å². The van der Waals surface area contributed by atoms with Crippen molar-refractivity contribution in [1.82, 2.24) is 0 Å². The number of rotatable bonds is 1. The van der Waals surface area contributed by atoms with Gasteiger partial charge in [-0.2, -0.15) is 0 Å². The van der Waals surface area contributed by atoms with Crippen molar-refractivity contribution in [2.24, 2.45) is 0 Å². The monoisotopic (exact) mass is 214 g/mol. The Morgan fingerprint density at radius 2 is 1.56 bits per heavy atom. The van der Waals surface area contributed by atoms with Gasteiger partial charge in [0.25, 0.3) is 0 Å². The van der Waals surface area contributed by atoms with Gasteiger partial charge in [0, 0.05) is 0 Å². The first-order chi connectivity index (χ1) is 7.69. The number of fused-ring (bicyclic) bond motifs is 1. The second-order valence-electron chi connectivity index (χ2n) is 4.30. The quantitative estimate of drug-likeness (QED) is 0.607. The van der Waals surface area contributed by atoms with Gasteiger partial charge in [0.1, 0.15) is 0 Å². The highest BCUT2D eigenvalue weighted by molar-refractivity contribution is 5.86. The summed E-state index contributed by atoms with van der Waals surface area (Å²) in [5.74, 6) is 0. The van der Waals surface area contributed by atoms with Gasteiger partial charge in [-0.3, -0.25) is 0 Å². The summed E-state index contributed by atoms with van der Waals surface area (Å²) in [5, 5.41) is 2.71. The van der Waals surface area contributed by atoms with Crippen LogP contribution in [0.2, 0.25) is 0 Å². The summed E-state index contributed by atoms with van der Waals surface area (Å²) in [5.41, 5.74) is 2.69. The predicted molar refractivity (Wildman–Crippen MR) is 74.0 cm³/mol. The maximum absolute atomic E-state index is 2.24. The molecule has 0 aliphatic carbocycles. The molecule has 0 fully saturated rings. The minimum absolute atomic E-state index is 1.32. The molecule has 86 valence electrons. The topological polar surface area (TPSA) is 0 Å². The van der Waals surface area contributed by atoms with E-state index in [2.05, 4.69) is 64.1 Å². The zero-order valence-corrected chi connectivity index (χ0v) is 10.9. The number of hydrogen-bond donors (Lipinski definition) is 0. The van der Waals surface area contributed by atoms with Crippen molar-refractivity contribution < 1.29 is 0 Å². The van der Waals surface area contributed by atoms with Gasteiger partial charge < -0.3 is 0 Å². The van der Waals surface area contributed by atoms with Gasteiger partial charge in [-0.05, 0) is 30.2 Å². The lowest BCUT2D eigenvalue weighted by Gasteiger charge is -2.01. The molecule has 0 unspecified atom stereocenters. The van der Waals surface area contributed by atoms with E-state index < -0.39 is 0 Å². The lowest BCUT2D eigenvalue weighted by atomic mass is 10.0. The third kappa shape index (κ3) is 3.37. The summed E-state index contributed by atoms with van der Waals surface area (Å²) in [4.78, 5) is 0. The molecule has 0 aliphatic rings. The number of unbranched alkanes of at least 4 members (excludes halogenated alkanes) is 1. The summed E-state index contributed by atoms with van der Waals surface area (Å²) >= 11 is 0. The van der Waals surface area contributed by atoms with Crippen LogP contribution < -0.4 is 0 Å². The minimum atomic E-state index is 1.32. The van der Waals surface area contributed by atoms with Crippen molar-refractivity contribution in [2.75, 3.05) is 0 Å². The van der Waals surface area contributed by atoms with Gasteiger partial charge in [0.2, 0.25) is 0 Å². The van der Waals surface area contributed by atoms with Crippen molar-refractivity contribution >= 4 is 10.8 Å². The zero-order valence-electron chi connectivity index (χ0n) is 10.9. The number of benzene rings is 2. The minimum Gasteiger partial charge on any atom is -0.0654 e. The molecule has 0 saturated heterocycles. The second-order valence-corrected chi connectivity index (χ2v) is 4.30. The van der Waals surface area contributed by atoms with E-state index in [-0.39, 0.29) is 0 Å². The Kier molecular flexibility index (Phi) is 5.04. The van der Waals surface area contributed by atoms with E-state index in [1.165, 1.54) is 34.7 Å². The molecular formula is C16H22. The number of aryl methyl sites for hydroxylation is 2. The third-order valence-electron chi connectivity index (χ3n) is 2.76. The van der Waals surface area contributed by atoms with Gasteiger partial charge in [-0.15, -0.1) is 0 Å². The molecule has 0 spiro atoms. The summed E-state index contributed by atoms with van der Waals surface area (Å²) in [6.45, 7) is 8.65. The molecular weight excluding hydrogens is 192 g/mol. The van der Waals surface area contributed by atoms with E-state index >= 15 is 0 Å². The van der Waals surface area contributed by atoms with Crippen LogP contribution in [-0.2, 0) is 0 Å². The highest BCUT2D eigenvalue weighted by Crippen LogP contribution is 2.18. The zero-order chi connectivity index (χ0) is 12.0. The fourth-order valence-corrected chi connectivity index (χ4v) is 1.54. The Morgan fingerprint density at radius 1 is 0.875 bits per heavy atom.